The Labute approximate surface area is 644 Å². The van der Waals surface area contributed by atoms with E-state index < -0.39 is 0 Å². The lowest BCUT2D eigenvalue weighted by Gasteiger charge is -2.27. The zero-order chi connectivity index (χ0) is 72.3. The fourth-order valence-electron chi connectivity index (χ4n) is 17.5. The van der Waals surface area contributed by atoms with Crippen molar-refractivity contribution in [3.63, 3.8) is 0 Å². The Bertz CT molecular complexity index is 7390. The normalized spacial score (nSPS) is 11.8. The lowest BCUT2D eigenvalue weighted by atomic mass is 9.92. The summed E-state index contributed by atoms with van der Waals surface area (Å²) in [6.07, 6.45) is 0. The van der Waals surface area contributed by atoms with Gasteiger partial charge in [0, 0.05) is 74.5 Å². The first-order chi connectivity index (χ1) is 54.5. The van der Waals surface area contributed by atoms with E-state index in [0.717, 1.165) is 56.4 Å². The van der Waals surface area contributed by atoms with Crippen LogP contribution in [0.4, 0.5) is 34.1 Å². The topological polar surface area (TPSA) is 6.48 Å². The number of hydrogen-bond acceptors (Lipinski definition) is 4. The first-order valence-electron chi connectivity index (χ1n) is 37.7. The van der Waals surface area contributed by atoms with E-state index in [1.54, 1.807) is 0 Å². The zero-order valence-electron chi connectivity index (χ0n) is 59.8. The van der Waals surface area contributed by atoms with Crippen molar-refractivity contribution in [1.82, 2.24) is 0 Å². The molecule has 0 radical (unpaired) electrons. The van der Waals surface area contributed by atoms with Crippen LogP contribution in [0.25, 0.3) is 183 Å². The molecule has 0 bridgehead atoms. The number of hydrogen-bond donors (Lipinski definition) is 0. The highest BCUT2D eigenvalue weighted by Crippen LogP contribution is 2.49. The molecule has 0 aliphatic carbocycles. The van der Waals surface area contributed by atoms with Crippen LogP contribution < -0.4 is 9.80 Å². The number of thiophene rings is 2. The van der Waals surface area contributed by atoms with E-state index in [9.17, 15) is 0 Å². The van der Waals surface area contributed by atoms with E-state index in [0.29, 0.717) is 0 Å². The van der Waals surface area contributed by atoms with Gasteiger partial charge in [-0.1, -0.05) is 285 Å². The minimum Gasteiger partial charge on any atom is -0.310 e. The molecule has 0 fully saturated rings. The van der Waals surface area contributed by atoms with Crippen molar-refractivity contribution in [3.8, 4) is 66.8 Å². The van der Waals surface area contributed by atoms with Crippen molar-refractivity contribution in [2.24, 2.45) is 0 Å². The van der Waals surface area contributed by atoms with Crippen LogP contribution in [0.5, 0.6) is 0 Å². The fourth-order valence-corrected chi connectivity index (χ4v) is 19.9. The van der Waals surface area contributed by atoms with Gasteiger partial charge in [-0.25, -0.2) is 0 Å². The minimum atomic E-state index is 1.08. The summed E-state index contributed by atoms with van der Waals surface area (Å²) in [6, 6.07) is 149. The van der Waals surface area contributed by atoms with Crippen molar-refractivity contribution in [2.45, 2.75) is 0 Å². The molecule has 2 aromatic heterocycles. The minimum absolute atomic E-state index is 1.08. The number of fused-ring (bicyclic) bond motifs is 19. The van der Waals surface area contributed by atoms with Gasteiger partial charge in [-0.15, -0.1) is 22.7 Å². The Morgan fingerprint density at radius 2 is 0.464 bits per heavy atom. The molecule has 0 amide bonds. The van der Waals surface area contributed by atoms with Crippen molar-refractivity contribution >= 4 is 173 Å². The van der Waals surface area contributed by atoms with Gasteiger partial charge in [0.15, 0.2) is 0 Å². The second-order valence-electron chi connectivity index (χ2n) is 29.0. The molecular weight excluding hydrogens is 1370 g/mol. The lowest BCUT2D eigenvalue weighted by molar-refractivity contribution is 1.29. The number of anilines is 6. The van der Waals surface area contributed by atoms with Crippen LogP contribution in [0.3, 0.4) is 0 Å². The van der Waals surface area contributed by atoms with Gasteiger partial charge < -0.3 is 9.80 Å². The fraction of sp³-hybridized carbons (Fsp3) is 0. The highest BCUT2D eigenvalue weighted by atomic mass is 32.1. The van der Waals surface area contributed by atoms with Crippen LogP contribution >= 0.6 is 22.7 Å². The highest BCUT2D eigenvalue weighted by molar-refractivity contribution is 7.26. The van der Waals surface area contributed by atoms with E-state index in [-0.39, 0.29) is 0 Å². The van der Waals surface area contributed by atoms with Crippen LogP contribution in [0.1, 0.15) is 0 Å². The third-order valence-corrected chi connectivity index (χ3v) is 25.2. The van der Waals surface area contributed by atoms with E-state index in [1.807, 2.05) is 22.7 Å². The summed E-state index contributed by atoms with van der Waals surface area (Å²) in [4.78, 5) is 4.85. The SMILES string of the molecule is c1ccc(-c2cc(-c3ccc(N(c4ccc(-c5cccc6c5sc5ccccc56)cc4)c4ccc5c6ccccc6c6ccccc6c5c4)cc3)cc(-c3cccc(-c4ccc5sc6c(-c7ccc(N(c8ccc9ccccc9c8)c8ccc9c%10ccccc%10c%10ccccc%10c9c8)cc7)cccc6c5c4)c3)c2)cc1. The van der Waals surface area contributed by atoms with E-state index in [4.69, 9.17) is 0 Å². The maximum atomic E-state index is 2.43. The summed E-state index contributed by atoms with van der Waals surface area (Å²) in [5, 5.41) is 22.7. The summed E-state index contributed by atoms with van der Waals surface area (Å²) < 4.78 is 5.18. The Morgan fingerprint density at radius 1 is 0.145 bits per heavy atom. The van der Waals surface area contributed by atoms with Gasteiger partial charge in [0.25, 0.3) is 0 Å². The van der Waals surface area contributed by atoms with E-state index >= 15 is 0 Å². The van der Waals surface area contributed by atoms with Crippen LogP contribution in [0, 0.1) is 0 Å². The van der Waals surface area contributed by atoms with Gasteiger partial charge in [-0.05, 0) is 257 Å². The Hall–Kier alpha value is -13.7. The summed E-state index contributed by atoms with van der Waals surface area (Å²) in [7, 11) is 0. The van der Waals surface area contributed by atoms with Crippen molar-refractivity contribution in [3.05, 3.63) is 400 Å². The number of nitrogens with zero attached hydrogens (tertiary/aromatic N) is 2. The van der Waals surface area contributed by atoms with Gasteiger partial charge in [-0.2, -0.15) is 0 Å². The predicted molar refractivity (Wildman–Crippen MR) is 477 cm³/mol. The second kappa shape index (κ2) is 26.0. The number of rotatable bonds is 12. The molecule has 0 saturated heterocycles. The van der Waals surface area contributed by atoms with Crippen LogP contribution in [-0.2, 0) is 0 Å². The van der Waals surface area contributed by atoms with Gasteiger partial charge in [-0.3, -0.25) is 0 Å². The molecule has 2 nitrogen and oxygen atoms in total. The first-order valence-corrected chi connectivity index (χ1v) is 39.4. The smallest absolute Gasteiger partial charge is 0.0468 e. The molecule has 20 aromatic carbocycles. The average Bonchev–Trinajstić information content (AvgIpc) is 1.03. The molecule has 22 rings (SSSR count). The first kappa shape index (κ1) is 63.5. The third kappa shape index (κ3) is 10.7. The maximum Gasteiger partial charge on any atom is 0.0468 e. The molecule has 2 heterocycles. The van der Waals surface area contributed by atoms with Crippen LogP contribution in [0.2, 0.25) is 0 Å². The largest absolute Gasteiger partial charge is 0.310 e. The van der Waals surface area contributed by atoms with E-state index in [2.05, 4.69) is 410 Å². The van der Waals surface area contributed by atoms with Crippen molar-refractivity contribution in [1.29, 1.82) is 0 Å². The summed E-state index contributed by atoms with van der Waals surface area (Å²) in [6.45, 7) is 0. The molecule has 4 heteroatoms. The summed E-state index contributed by atoms with van der Waals surface area (Å²) in [5.41, 5.74) is 20.8. The summed E-state index contributed by atoms with van der Waals surface area (Å²) >= 11 is 3.76. The maximum absolute atomic E-state index is 2.43. The van der Waals surface area contributed by atoms with E-state index in [1.165, 1.54) is 160 Å². The zero-order valence-corrected chi connectivity index (χ0v) is 61.4. The van der Waals surface area contributed by atoms with Gasteiger partial charge in [0.1, 0.15) is 0 Å². The molecule has 0 unspecified atom stereocenters. The quantitative estimate of drug-likeness (QED) is 0.113. The number of benzene rings is 20. The molecule has 0 aliphatic heterocycles. The average molecular weight is 1430 g/mol. The Balaban J connectivity index is 0.603. The molecule has 110 heavy (non-hydrogen) atoms. The highest BCUT2D eigenvalue weighted by Gasteiger charge is 2.22. The van der Waals surface area contributed by atoms with Gasteiger partial charge >= 0.3 is 0 Å². The predicted octanol–water partition coefficient (Wildman–Crippen LogP) is 31.4. The van der Waals surface area contributed by atoms with Gasteiger partial charge in [0.05, 0.1) is 0 Å². The standard InChI is InChI=1S/C106H66N2S2/c1-2-19-67(20-3-1)76-60-77(69-39-47-79(48-40-69)107(83-54-56-95-91-29-8-6-25-87(91)89-27-10-12-31-93(89)100(95)65-83)80-49-42-70(43-50-80)85-34-17-36-98-97-33-14-15-38-103(97)109-105(85)98)62-78(61-76)73-24-16-23-72(59-73)75-46-58-104-102(64-75)99-37-18-35-86(106(99)110-104)71-44-51-81(52-45-71)108(82-53-41-68-21-4-5-22-74(68)63-82)84-55-57-96-92-30-9-7-26-88(92)90-28-11-13-32-94(90)101(96)66-84/h1-66H. The van der Waals surface area contributed by atoms with Crippen LogP contribution in [0.15, 0.2) is 400 Å². The molecule has 0 aliphatic rings. The second-order valence-corrected chi connectivity index (χ2v) is 31.1. The molecule has 0 spiro atoms. The third-order valence-electron chi connectivity index (χ3n) is 22.8. The van der Waals surface area contributed by atoms with Crippen molar-refractivity contribution < 1.29 is 0 Å². The van der Waals surface area contributed by atoms with Gasteiger partial charge in [0.2, 0.25) is 0 Å². The molecule has 0 saturated carbocycles. The molecule has 0 N–H and O–H groups in total. The molecule has 22 aromatic rings. The summed E-state index contributed by atoms with van der Waals surface area (Å²) in [5.74, 6) is 0. The van der Waals surface area contributed by atoms with Crippen molar-refractivity contribution in [2.75, 3.05) is 9.80 Å². The molecular formula is C106H66N2S2. The molecule has 512 valence electrons. The Kier molecular flexibility index (Phi) is 15.0. The lowest BCUT2D eigenvalue weighted by Crippen LogP contribution is -2.10. The Morgan fingerprint density at radius 3 is 0.991 bits per heavy atom. The molecule has 0 atom stereocenters. The van der Waals surface area contributed by atoms with Crippen LogP contribution in [-0.4, -0.2) is 0 Å². The monoisotopic (exact) mass is 1430 g/mol.